The van der Waals surface area contributed by atoms with Crippen LogP contribution in [0.3, 0.4) is 0 Å². The van der Waals surface area contributed by atoms with Crippen molar-refractivity contribution in [1.82, 2.24) is 14.8 Å². The number of benzene rings is 3. The molecule has 204 valence electrons. The Labute approximate surface area is 229 Å². The van der Waals surface area contributed by atoms with Crippen molar-refractivity contribution in [2.45, 2.75) is 40.2 Å². The molecule has 0 atom stereocenters. The predicted molar refractivity (Wildman–Crippen MR) is 155 cm³/mol. The van der Waals surface area contributed by atoms with E-state index in [2.05, 4.69) is 16.4 Å². The molecule has 1 aromatic heterocycles. The van der Waals surface area contributed by atoms with Crippen LogP contribution in [0.2, 0.25) is 0 Å². The molecule has 0 aliphatic heterocycles. The van der Waals surface area contributed by atoms with Crippen LogP contribution in [-0.2, 0) is 24.2 Å². The maximum absolute atomic E-state index is 13.7. The number of aromatic nitrogens is 1. The number of aryl methyl sites for hydroxylation is 1. The van der Waals surface area contributed by atoms with E-state index in [-0.39, 0.29) is 30.2 Å². The number of urea groups is 1. The number of rotatable bonds is 11. The third-order valence-electron chi connectivity index (χ3n) is 6.80. The third kappa shape index (κ3) is 7.47. The van der Waals surface area contributed by atoms with Crippen molar-refractivity contribution in [3.63, 3.8) is 0 Å². The molecule has 0 saturated carbocycles. The Balaban J connectivity index is 1.52. The Morgan fingerprint density at radius 1 is 0.923 bits per heavy atom. The first-order chi connectivity index (χ1) is 18.8. The van der Waals surface area contributed by atoms with Gasteiger partial charge in [0.25, 0.3) is 0 Å². The summed E-state index contributed by atoms with van der Waals surface area (Å²) in [6.07, 6.45) is 3.42. The van der Waals surface area contributed by atoms with Crippen molar-refractivity contribution in [2.24, 2.45) is 5.92 Å². The van der Waals surface area contributed by atoms with Crippen LogP contribution >= 0.6 is 0 Å². The van der Waals surface area contributed by atoms with Gasteiger partial charge in [-0.3, -0.25) is 4.79 Å². The Morgan fingerprint density at radius 2 is 1.64 bits per heavy atom. The predicted octanol–water partition coefficient (Wildman–Crippen LogP) is 6.63. The highest BCUT2D eigenvalue weighted by molar-refractivity contribution is 5.93. The fourth-order valence-corrected chi connectivity index (χ4v) is 4.76. The highest BCUT2D eigenvalue weighted by atomic mass is 19.1. The van der Waals surface area contributed by atoms with Gasteiger partial charge in [-0.05, 0) is 59.7 Å². The van der Waals surface area contributed by atoms with Crippen LogP contribution in [0.4, 0.5) is 14.9 Å². The van der Waals surface area contributed by atoms with Crippen molar-refractivity contribution in [3.05, 3.63) is 102 Å². The number of amides is 3. The van der Waals surface area contributed by atoms with E-state index in [9.17, 15) is 14.0 Å². The number of carbonyl (C=O) groups is 2. The van der Waals surface area contributed by atoms with Crippen molar-refractivity contribution >= 4 is 28.5 Å². The van der Waals surface area contributed by atoms with Gasteiger partial charge >= 0.3 is 6.03 Å². The largest absolute Gasteiger partial charge is 0.361 e. The summed E-state index contributed by atoms with van der Waals surface area (Å²) in [7, 11) is 0. The summed E-state index contributed by atoms with van der Waals surface area (Å²) < 4.78 is 13.5. The number of hydrogen-bond donors (Lipinski definition) is 2. The number of H-pyrrole nitrogens is 1. The van der Waals surface area contributed by atoms with E-state index in [0.717, 1.165) is 39.7 Å². The lowest BCUT2D eigenvalue weighted by Crippen LogP contribution is -2.46. The number of hydrogen-bond acceptors (Lipinski definition) is 2. The van der Waals surface area contributed by atoms with E-state index in [1.54, 1.807) is 21.9 Å². The van der Waals surface area contributed by atoms with Crippen LogP contribution < -0.4 is 5.32 Å². The zero-order chi connectivity index (χ0) is 27.8. The Kier molecular flexibility index (Phi) is 9.36. The molecule has 39 heavy (non-hydrogen) atoms. The average Bonchev–Trinajstić information content (AvgIpc) is 3.34. The molecular weight excluding hydrogens is 491 g/mol. The van der Waals surface area contributed by atoms with Crippen LogP contribution in [0, 0.1) is 11.7 Å². The molecular formula is C32H37FN4O2. The zero-order valence-electron chi connectivity index (χ0n) is 22.9. The molecule has 4 rings (SSSR count). The normalized spacial score (nSPS) is 11.1. The first kappa shape index (κ1) is 27.9. The van der Waals surface area contributed by atoms with Crippen molar-refractivity contribution in [1.29, 1.82) is 0 Å². The second-order valence-corrected chi connectivity index (χ2v) is 10.3. The fourth-order valence-electron chi connectivity index (χ4n) is 4.76. The smallest absolute Gasteiger partial charge is 0.322 e. The van der Waals surface area contributed by atoms with Gasteiger partial charge in [0.1, 0.15) is 12.4 Å². The zero-order valence-corrected chi connectivity index (χ0v) is 22.9. The summed E-state index contributed by atoms with van der Waals surface area (Å²) in [4.78, 5) is 33.7. The number of fused-ring (bicyclic) bond motifs is 1. The minimum absolute atomic E-state index is 0.0482. The molecule has 0 aliphatic rings. The maximum atomic E-state index is 13.7. The van der Waals surface area contributed by atoms with Crippen molar-refractivity contribution in [3.8, 4) is 0 Å². The van der Waals surface area contributed by atoms with Crippen molar-refractivity contribution < 1.29 is 14.0 Å². The molecule has 3 amide bonds. The van der Waals surface area contributed by atoms with Gasteiger partial charge < -0.3 is 20.1 Å². The van der Waals surface area contributed by atoms with Crippen LogP contribution in [0.25, 0.3) is 10.9 Å². The topological polar surface area (TPSA) is 68.4 Å². The van der Waals surface area contributed by atoms with E-state index >= 15 is 0 Å². The lowest BCUT2D eigenvalue weighted by molar-refractivity contribution is -0.132. The SMILES string of the molecule is CCc1ccccc1NC(=O)N(CC(=O)N(CCc1c[nH]c2ccccc12)Cc1ccc(F)cc1)CC(C)C. The summed E-state index contributed by atoms with van der Waals surface area (Å²) in [5.41, 5.74) is 4.80. The molecule has 7 heteroatoms. The van der Waals surface area contributed by atoms with E-state index in [0.29, 0.717) is 26.1 Å². The van der Waals surface area contributed by atoms with Crippen LogP contribution in [-0.4, -0.2) is 46.4 Å². The van der Waals surface area contributed by atoms with Crippen LogP contribution in [0.5, 0.6) is 0 Å². The number of nitrogens with one attached hydrogen (secondary N) is 2. The minimum atomic E-state index is -0.317. The number of carbonyl (C=O) groups excluding carboxylic acids is 2. The second kappa shape index (κ2) is 13.1. The Bertz CT molecular complexity index is 1400. The van der Waals surface area contributed by atoms with Crippen LogP contribution in [0.15, 0.2) is 79.0 Å². The Hall–Kier alpha value is -4.13. The van der Waals surface area contributed by atoms with Gasteiger partial charge in [-0.25, -0.2) is 9.18 Å². The maximum Gasteiger partial charge on any atom is 0.322 e. The standard InChI is InChI=1S/C32H37FN4O2/c1-4-25-9-5-7-11-29(25)35-32(39)37(20-23(2)3)22-31(38)36(21-24-13-15-27(33)16-14-24)18-17-26-19-34-30-12-8-6-10-28(26)30/h5-16,19,23,34H,4,17-18,20-22H2,1-3H3,(H,35,39). The molecule has 0 bridgehead atoms. The third-order valence-corrected chi connectivity index (χ3v) is 6.80. The summed E-state index contributed by atoms with van der Waals surface area (Å²) >= 11 is 0. The molecule has 0 fully saturated rings. The summed E-state index contributed by atoms with van der Waals surface area (Å²) in [6, 6.07) is 21.7. The van der Waals surface area contributed by atoms with Gasteiger partial charge in [-0.1, -0.05) is 69.3 Å². The van der Waals surface area contributed by atoms with Gasteiger partial charge in [0, 0.05) is 42.4 Å². The fraction of sp³-hybridized carbons (Fsp3) is 0.312. The molecule has 6 nitrogen and oxygen atoms in total. The van der Waals surface area contributed by atoms with Gasteiger partial charge in [-0.15, -0.1) is 0 Å². The van der Waals surface area contributed by atoms with Crippen molar-refractivity contribution in [2.75, 3.05) is 25.0 Å². The molecule has 0 aliphatic carbocycles. The molecule has 0 saturated heterocycles. The average molecular weight is 529 g/mol. The minimum Gasteiger partial charge on any atom is -0.361 e. The van der Waals surface area contributed by atoms with Gasteiger partial charge in [0.05, 0.1) is 0 Å². The number of anilines is 1. The first-order valence-corrected chi connectivity index (χ1v) is 13.5. The highest BCUT2D eigenvalue weighted by Crippen LogP contribution is 2.20. The summed E-state index contributed by atoms with van der Waals surface area (Å²) in [5.74, 6) is -0.289. The van der Waals surface area contributed by atoms with Crippen LogP contribution in [0.1, 0.15) is 37.5 Å². The van der Waals surface area contributed by atoms with E-state index in [4.69, 9.17) is 0 Å². The molecule has 0 spiro atoms. The quantitative estimate of drug-likeness (QED) is 0.229. The number of aromatic amines is 1. The molecule has 1 heterocycles. The van der Waals surface area contributed by atoms with E-state index in [1.807, 2.05) is 69.4 Å². The van der Waals surface area contributed by atoms with E-state index in [1.165, 1.54) is 12.1 Å². The lowest BCUT2D eigenvalue weighted by atomic mass is 10.1. The molecule has 2 N–H and O–H groups in total. The summed E-state index contributed by atoms with van der Waals surface area (Å²) in [6.45, 7) is 7.29. The van der Waals surface area contributed by atoms with Gasteiger partial charge in [0.15, 0.2) is 0 Å². The Morgan fingerprint density at radius 3 is 2.38 bits per heavy atom. The summed E-state index contributed by atoms with van der Waals surface area (Å²) in [5, 5.41) is 4.14. The van der Waals surface area contributed by atoms with Gasteiger partial charge in [-0.2, -0.15) is 0 Å². The number of para-hydroxylation sites is 2. The first-order valence-electron chi connectivity index (χ1n) is 13.5. The molecule has 3 aromatic carbocycles. The molecule has 0 radical (unpaired) electrons. The van der Waals surface area contributed by atoms with Gasteiger partial charge in [0.2, 0.25) is 5.91 Å². The molecule has 0 unspecified atom stereocenters. The monoisotopic (exact) mass is 528 g/mol. The second-order valence-electron chi connectivity index (χ2n) is 10.3. The molecule has 4 aromatic rings. The van der Waals surface area contributed by atoms with E-state index < -0.39 is 0 Å². The highest BCUT2D eigenvalue weighted by Gasteiger charge is 2.23. The number of nitrogens with zero attached hydrogens (tertiary/aromatic N) is 2. The number of halogens is 1. The lowest BCUT2D eigenvalue weighted by Gasteiger charge is -2.29.